The molecule has 0 aliphatic carbocycles. The van der Waals surface area contributed by atoms with Crippen molar-refractivity contribution in [3.05, 3.63) is 35.9 Å². The van der Waals surface area contributed by atoms with Gasteiger partial charge >= 0.3 is 111 Å². The van der Waals surface area contributed by atoms with Crippen molar-refractivity contribution in [3.63, 3.8) is 0 Å². The first-order valence-electron chi connectivity index (χ1n) is 5.91. The van der Waals surface area contributed by atoms with Gasteiger partial charge in [0.05, 0.1) is 0 Å². The van der Waals surface area contributed by atoms with Crippen molar-refractivity contribution < 1.29 is 0 Å². The standard InChI is InChI=1S/C12H11Si.3CH3.Sn/c1-4-13(2,3)11-10-12-8-6-5-7-9-12;;;;/h5-9H,2-3H3;3*1H3;. The van der Waals surface area contributed by atoms with Crippen LogP contribution in [-0.2, 0) is 0 Å². The summed E-state index contributed by atoms with van der Waals surface area (Å²) in [5, 5.41) is 0. The summed E-state index contributed by atoms with van der Waals surface area (Å²) in [6, 6.07) is 10.2. The van der Waals surface area contributed by atoms with E-state index in [1.54, 1.807) is 0 Å². The van der Waals surface area contributed by atoms with Crippen LogP contribution in [0.4, 0.5) is 0 Å². The third kappa shape index (κ3) is 6.61. The Hall–Kier alpha value is -0.644. The molecule has 0 aliphatic rings. The van der Waals surface area contributed by atoms with Crippen LogP contribution in [0.5, 0.6) is 0 Å². The molecule has 1 aromatic carbocycles. The average molecular weight is 347 g/mol. The molecule has 1 aromatic rings. The summed E-state index contributed by atoms with van der Waals surface area (Å²) < 4.78 is 3.52. The van der Waals surface area contributed by atoms with E-state index in [2.05, 4.69) is 48.9 Å². The number of rotatable bonds is 0. The fourth-order valence-electron chi connectivity index (χ4n) is 1.12. The molecule has 17 heavy (non-hydrogen) atoms. The van der Waals surface area contributed by atoms with E-state index in [1.807, 2.05) is 30.3 Å². The molecule has 0 heterocycles. The van der Waals surface area contributed by atoms with Crippen molar-refractivity contribution in [1.82, 2.24) is 0 Å². The molecule has 0 radical (unpaired) electrons. The number of hydrogen-bond acceptors (Lipinski definition) is 0. The minimum absolute atomic E-state index is 1.09. The van der Waals surface area contributed by atoms with E-state index in [1.165, 1.54) is 0 Å². The fourth-order valence-corrected chi connectivity index (χ4v) is 8.22. The Morgan fingerprint density at radius 2 is 1.53 bits per heavy atom. The van der Waals surface area contributed by atoms with Gasteiger partial charge in [-0.05, 0) is 0 Å². The second-order valence-corrected chi connectivity index (χ2v) is 23.0. The second-order valence-electron chi connectivity index (χ2n) is 5.74. The van der Waals surface area contributed by atoms with E-state index in [9.17, 15) is 0 Å². The maximum absolute atomic E-state index is 3.52. The van der Waals surface area contributed by atoms with Crippen LogP contribution in [-0.4, -0.2) is 26.5 Å². The SMILES string of the molecule is C[Si](C)(C#Cc1ccccc1)C#[C][Sn]([CH3])([CH3])[CH3]. The molecule has 0 amide bonds. The van der Waals surface area contributed by atoms with Gasteiger partial charge in [-0.3, -0.25) is 0 Å². The van der Waals surface area contributed by atoms with Crippen LogP contribution in [0.3, 0.4) is 0 Å². The van der Waals surface area contributed by atoms with Gasteiger partial charge in [-0.1, -0.05) is 0 Å². The van der Waals surface area contributed by atoms with Gasteiger partial charge in [-0.15, -0.1) is 0 Å². The minimum atomic E-state index is -1.95. The number of hydrogen-bond donors (Lipinski definition) is 0. The van der Waals surface area contributed by atoms with Gasteiger partial charge in [0.15, 0.2) is 0 Å². The molecular weight excluding hydrogens is 327 g/mol. The Kier molecular flexibility index (Phi) is 4.92. The van der Waals surface area contributed by atoms with E-state index in [-0.39, 0.29) is 0 Å². The van der Waals surface area contributed by atoms with Gasteiger partial charge in [0, 0.05) is 0 Å². The molecule has 0 saturated heterocycles. The van der Waals surface area contributed by atoms with Gasteiger partial charge in [0.2, 0.25) is 0 Å². The summed E-state index contributed by atoms with van der Waals surface area (Å²) in [6.45, 7) is 4.46. The summed E-state index contributed by atoms with van der Waals surface area (Å²) in [5.74, 6) is 3.25. The molecule has 0 unspecified atom stereocenters. The normalized spacial score (nSPS) is 10.9. The van der Waals surface area contributed by atoms with Crippen LogP contribution in [0.2, 0.25) is 27.9 Å². The first-order valence-corrected chi connectivity index (χ1v) is 18.9. The van der Waals surface area contributed by atoms with Crippen LogP contribution >= 0.6 is 0 Å². The van der Waals surface area contributed by atoms with Crippen molar-refractivity contribution in [2.45, 2.75) is 27.9 Å². The summed E-state index contributed by atoms with van der Waals surface area (Å²) >= 11 is -1.95. The Balaban J connectivity index is 2.87. The third-order valence-electron chi connectivity index (χ3n) is 2.04. The van der Waals surface area contributed by atoms with Crippen LogP contribution < -0.4 is 0 Å². The topological polar surface area (TPSA) is 0 Å². The predicted molar refractivity (Wildman–Crippen MR) is 81.9 cm³/mol. The quantitative estimate of drug-likeness (QED) is 0.496. The molecule has 0 N–H and O–H groups in total. The zero-order valence-corrected chi connectivity index (χ0v) is 15.2. The summed E-state index contributed by atoms with van der Waals surface area (Å²) in [5.41, 5.74) is 7.97. The van der Waals surface area contributed by atoms with Gasteiger partial charge in [0.1, 0.15) is 0 Å². The molecule has 0 saturated carbocycles. The fraction of sp³-hybridized carbons (Fsp3) is 0.333. The first-order chi connectivity index (χ1) is 7.79. The summed E-state index contributed by atoms with van der Waals surface area (Å²) in [7, 11) is -1.67. The average Bonchev–Trinajstić information content (AvgIpc) is 2.25. The van der Waals surface area contributed by atoms with E-state index >= 15 is 0 Å². The van der Waals surface area contributed by atoms with Crippen LogP contribution in [0, 0.1) is 20.9 Å². The molecule has 0 bridgehead atoms. The van der Waals surface area contributed by atoms with Crippen molar-refractivity contribution in [2.24, 2.45) is 0 Å². The summed E-state index contributed by atoms with van der Waals surface area (Å²) in [4.78, 5) is 7.03. The third-order valence-corrected chi connectivity index (χ3v) is 6.75. The Bertz CT molecular complexity index is 487. The molecule has 0 atom stereocenters. The number of benzene rings is 1. The van der Waals surface area contributed by atoms with Gasteiger partial charge in [-0.25, -0.2) is 0 Å². The van der Waals surface area contributed by atoms with E-state index in [0.29, 0.717) is 0 Å². The van der Waals surface area contributed by atoms with E-state index in [0.717, 1.165) is 5.56 Å². The summed E-state index contributed by atoms with van der Waals surface area (Å²) in [6.07, 6.45) is 0. The van der Waals surface area contributed by atoms with Crippen LogP contribution in [0.15, 0.2) is 30.3 Å². The van der Waals surface area contributed by atoms with Crippen LogP contribution in [0.1, 0.15) is 5.56 Å². The molecule has 88 valence electrons. The van der Waals surface area contributed by atoms with Crippen LogP contribution in [0.25, 0.3) is 0 Å². The van der Waals surface area contributed by atoms with Crippen molar-refractivity contribution >= 4 is 26.5 Å². The van der Waals surface area contributed by atoms with Crippen molar-refractivity contribution in [2.75, 3.05) is 0 Å². The molecule has 0 fully saturated rings. The van der Waals surface area contributed by atoms with Gasteiger partial charge in [-0.2, -0.15) is 0 Å². The Labute approximate surface area is 111 Å². The molecule has 1 rings (SSSR count). The Morgan fingerprint density at radius 1 is 0.941 bits per heavy atom. The van der Waals surface area contributed by atoms with Gasteiger partial charge < -0.3 is 0 Å². The molecule has 0 aliphatic heterocycles. The maximum atomic E-state index is 3.52. The van der Waals surface area contributed by atoms with Gasteiger partial charge in [0.25, 0.3) is 0 Å². The van der Waals surface area contributed by atoms with Crippen molar-refractivity contribution in [3.8, 4) is 20.9 Å². The van der Waals surface area contributed by atoms with E-state index < -0.39 is 26.5 Å². The predicted octanol–water partition coefficient (Wildman–Crippen LogP) is 3.71. The zero-order chi connectivity index (χ0) is 12.9. The first kappa shape index (κ1) is 14.4. The molecule has 0 nitrogen and oxygen atoms in total. The molecular formula is C15H20SiSn. The monoisotopic (exact) mass is 348 g/mol. The Morgan fingerprint density at radius 3 is 2.06 bits per heavy atom. The molecule has 2 heteroatoms. The molecule has 0 spiro atoms. The zero-order valence-electron chi connectivity index (χ0n) is 11.4. The van der Waals surface area contributed by atoms with Crippen molar-refractivity contribution in [1.29, 1.82) is 0 Å². The second kappa shape index (κ2) is 5.80. The van der Waals surface area contributed by atoms with E-state index in [4.69, 9.17) is 0 Å². The molecule has 0 aromatic heterocycles.